The topological polar surface area (TPSA) is 34.1 Å². The summed E-state index contributed by atoms with van der Waals surface area (Å²) < 4.78 is 58.7. The van der Waals surface area contributed by atoms with Gasteiger partial charge in [-0.2, -0.15) is 24.9 Å². The van der Waals surface area contributed by atoms with Gasteiger partial charge in [-0.15, -0.1) is 0 Å². The number of halogens is 3. The third-order valence-electron chi connectivity index (χ3n) is 2.00. The van der Waals surface area contributed by atoms with Crippen LogP contribution in [0.2, 0.25) is 0 Å². The minimum absolute atomic E-state index is 0.0585. The van der Waals surface area contributed by atoms with Crippen molar-refractivity contribution in [3.63, 3.8) is 0 Å². The Labute approximate surface area is 78.8 Å². The molecule has 1 fully saturated rings. The zero-order valence-electron chi connectivity index (χ0n) is 6.84. The molecule has 0 spiro atoms. The van der Waals surface area contributed by atoms with E-state index >= 15 is 0 Å². The summed E-state index contributed by atoms with van der Waals surface area (Å²) in [7, 11) is -3.58. The van der Waals surface area contributed by atoms with Crippen molar-refractivity contribution in [2.24, 2.45) is 5.92 Å². The van der Waals surface area contributed by atoms with E-state index in [1.54, 1.807) is 0 Å². The fourth-order valence-electron chi connectivity index (χ4n) is 1.26. The average Bonchev–Trinajstić information content (AvgIpc) is 2.27. The highest BCUT2D eigenvalue weighted by atomic mass is 32.2. The molecular weight excluding hydrogens is 225 g/mol. The van der Waals surface area contributed by atoms with Gasteiger partial charge in [0.2, 0.25) is 0 Å². The molecule has 0 bridgehead atoms. The molecule has 0 radical (unpaired) electrons. The molecule has 1 heterocycles. The van der Waals surface area contributed by atoms with E-state index in [0.29, 0.717) is 0 Å². The lowest BCUT2D eigenvalue weighted by atomic mass is 10.1. The van der Waals surface area contributed by atoms with Crippen molar-refractivity contribution in [1.82, 2.24) is 0 Å². The summed E-state index contributed by atoms with van der Waals surface area (Å²) in [5.74, 6) is -1.77. The Balaban J connectivity index is 2.89. The van der Waals surface area contributed by atoms with E-state index in [1.165, 1.54) is 0 Å². The first-order chi connectivity index (χ1) is 5.73. The Morgan fingerprint density at radius 1 is 1.31 bits per heavy atom. The molecule has 0 aliphatic carbocycles. The summed E-state index contributed by atoms with van der Waals surface area (Å²) in [6, 6.07) is 0. The molecule has 0 aromatic heterocycles. The number of alkyl halides is 3. The molecule has 0 aromatic rings. The quantitative estimate of drug-likeness (QED) is 0.686. The number of hydrogen-bond acceptors (Lipinski definition) is 3. The van der Waals surface area contributed by atoms with E-state index in [2.05, 4.69) is 0 Å². The predicted molar refractivity (Wildman–Crippen MR) is 45.5 cm³/mol. The molecule has 78 valence electrons. The molecule has 2 atom stereocenters. The highest BCUT2D eigenvalue weighted by Gasteiger charge is 2.51. The van der Waals surface area contributed by atoms with Crippen LogP contribution in [0.3, 0.4) is 0 Å². The Morgan fingerprint density at radius 2 is 1.85 bits per heavy atom. The maximum absolute atomic E-state index is 12.3. The molecule has 1 rings (SSSR count). The highest BCUT2D eigenvalue weighted by Crippen LogP contribution is 2.40. The largest absolute Gasteiger partial charge is 0.393 e. The lowest BCUT2D eigenvalue weighted by Gasteiger charge is -2.19. The number of sulfone groups is 1. The monoisotopic (exact) mass is 234 g/mol. The minimum Gasteiger partial charge on any atom is -0.229 e. The van der Waals surface area contributed by atoms with Crippen LogP contribution in [0.1, 0.15) is 0 Å². The summed E-state index contributed by atoms with van der Waals surface area (Å²) >= 11 is 1.04. The number of thioether (sulfide) groups is 1. The van der Waals surface area contributed by atoms with Gasteiger partial charge in [0.25, 0.3) is 0 Å². The third kappa shape index (κ3) is 2.52. The van der Waals surface area contributed by atoms with Gasteiger partial charge in [0.15, 0.2) is 9.84 Å². The van der Waals surface area contributed by atoms with Gasteiger partial charge in [-0.3, -0.25) is 0 Å². The lowest BCUT2D eigenvalue weighted by molar-refractivity contribution is -0.165. The molecule has 0 amide bonds. The van der Waals surface area contributed by atoms with Crippen LogP contribution in [0.4, 0.5) is 13.2 Å². The molecule has 0 aromatic carbocycles. The fourth-order valence-corrected chi connectivity index (χ4v) is 4.78. The SMILES string of the molecule is CS(=O)(=O)C1CSCC1C(F)(F)F. The van der Waals surface area contributed by atoms with Crippen molar-refractivity contribution < 1.29 is 21.6 Å². The van der Waals surface area contributed by atoms with Crippen LogP contribution in [0, 0.1) is 5.92 Å². The molecule has 1 aliphatic heterocycles. The van der Waals surface area contributed by atoms with Gasteiger partial charge in [-0.05, 0) is 0 Å². The molecule has 1 aliphatic rings. The molecule has 0 saturated carbocycles. The second kappa shape index (κ2) is 3.34. The van der Waals surface area contributed by atoms with Crippen molar-refractivity contribution in [1.29, 1.82) is 0 Å². The van der Waals surface area contributed by atoms with Crippen molar-refractivity contribution in [3.8, 4) is 0 Å². The van der Waals surface area contributed by atoms with Crippen LogP contribution in [0.25, 0.3) is 0 Å². The molecular formula is C6H9F3O2S2. The average molecular weight is 234 g/mol. The van der Waals surface area contributed by atoms with Crippen molar-refractivity contribution in [2.75, 3.05) is 17.8 Å². The van der Waals surface area contributed by atoms with Crippen molar-refractivity contribution in [2.45, 2.75) is 11.4 Å². The Hall–Kier alpha value is 0.0900. The standard InChI is InChI=1S/C6H9F3O2S2/c1-13(10,11)5-3-12-2-4(5)6(7,8)9/h4-5H,2-3H2,1H3. The molecule has 13 heavy (non-hydrogen) atoms. The van der Waals surface area contributed by atoms with E-state index < -0.39 is 27.2 Å². The zero-order chi connectivity index (χ0) is 10.3. The van der Waals surface area contributed by atoms with Crippen molar-refractivity contribution in [3.05, 3.63) is 0 Å². The van der Waals surface area contributed by atoms with Crippen LogP contribution in [0.15, 0.2) is 0 Å². The zero-order valence-corrected chi connectivity index (χ0v) is 8.47. The first-order valence-electron chi connectivity index (χ1n) is 3.56. The Bertz CT molecular complexity index is 283. The highest BCUT2D eigenvalue weighted by molar-refractivity contribution is 8.01. The van der Waals surface area contributed by atoms with Gasteiger partial charge in [-0.1, -0.05) is 0 Å². The van der Waals surface area contributed by atoms with Crippen LogP contribution >= 0.6 is 11.8 Å². The molecule has 7 heteroatoms. The molecule has 2 unspecified atom stereocenters. The molecule has 0 N–H and O–H groups in total. The van der Waals surface area contributed by atoms with Gasteiger partial charge in [0, 0.05) is 17.8 Å². The number of hydrogen-bond donors (Lipinski definition) is 0. The van der Waals surface area contributed by atoms with E-state index in [9.17, 15) is 21.6 Å². The van der Waals surface area contributed by atoms with E-state index in [-0.39, 0.29) is 11.5 Å². The Morgan fingerprint density at radius 3 is 2.15 bits per heavy atom. The summed E-state index contributed by atoms with van der Waals surface area (Å²) in [6.45, 7) is 0. The predicted octanol–water partition coefficient (Wildman–Crippen LogP) is 1.32. The van der Waals surface area contributed by atoms with Gasteiger partial charge in [0.05, 0.1) is 11.2 Å². The molecule has 1 saturated heterocycles. The second-order valence-electron chi connectivity index (χ2n) is 3.05. The summed E-state index contributed by atoms with van der Waals surface area (Å²) in [6.07, 6.45) is -3.53. The van der Waals surface area contributed by atoms with E-state index in [4.69, 9.17) is 0 Å². The van der Waals surface area contributed by atoms with E-state index in [1.807, 2.05) is 0 Å². The van der Waals surface area contributed by atoms with Gasteiger partial charge in [0.1, 0.15) is 0 Å². The van der Waals surface area contributed by atoms with Crippen LogP contribution in [-0.4, -0.2) is 37.6 Å². The molecule has 2 nitrogen and oxygen atoms in total. The van der Waals surface area contributed by atoms with Gasteiger partial charge < -0.3 is 0 Å². The number of rotatable bonds is 1. The first-order valence-corrected chi connectivity index (χ1v) is 6.67. The van der Waals surface area contributed by atoms with Crippen LogP contribution in [-0.2, 0) is 9.84 Å². The minimum atomic E-state index is -4.39. The first kappa shape index (κ1) is 11.2. The summed E-state index contributed by atoms with van der Waals surface area (Å²) in [5, 5.41) is -1.25. The fraction of sp³-hybridized carbons (Fsp3) is 1.00. The maximum atomic E-state index is 12.3. The third-order valence-corrected chi connectivity index (χ3v) is 4.99. The van der Waals surface area contributed by atoms with Crippen LogP contribution < -0.4 is 0 Å². The van der Waals surface area contributed by atoms with Gasteiger partial charge >= 0.3 is 6.18 Å². The maximum Gasteiger partial charge on any atom is 0.393 e. The Kier molecular flexibility index (Phi) is 2.87. The summed E-state index contributed by atoms with van der Waals surface area (Å²) in [5.41, 5.74) is 0. The normalized spacial score (nSPS) is 30.8. The van der Waals surface area contributed by atoms with Gasteiger partial charge in [-0.25, -0.2) is 8.42 Å². The van der Waals surface area contributed by atoms with Crippen LogP contribution in [0.5, 0.6) is 0 Å². The summed E-state index contributed by atoms with van der Waals surface area (Å²) in [4.78, 5) is 0. The van der Waals surface area contributed by atoms with Crippen molar-refractivity contribution >= 4 is 21.6 Å². The van der Waals surface area contributed by atoms with E-state index in [0.717, 1.165) is 18.0 Å². The lowest BCUT2D eigenvalue weighted by Crippen LogP contribution is -2.37. The second-order valence-corrected chi connectivity index (χ2v) is 6.39. The smallest absolute Gasteiger partial charge is 0.229 e.